The van der Waals surface area contributed by atoms with Crippen LogP contribution in [0.1, 0.15) is 5.56 Å². The number of hydrogen-bond acceptors (Lipinski definition) is 1. The Labute approximate surface area is 55.3 Å². The molecule has 1 aromatic carbocycles. The number of para-hydroxylation sites is 1. The molecule has 0 saturated carbocycles. The van der Waals surface area contributed by atoms with Gasteiger partial charge in [0.05, 0.1) is 0 Å². The molecule has 0 fully saturated rings. The Morgan fingerprint density at radius 3 is 2.33 bits per heavy atom. The Morgan fingerprint density at radius 2 is 1.89 bits per heavy atom. The van der Waals surface area contributed by atoms with Gasteiger partial charge >= 0.3 is 0 Å². The Kier molecular flexibility index (Phi) is 1.73. The van der Waals surface area contributed by atoms with Crippen molar-refractivity contribution in [2.75, 3.05) is 0 Å². The fourth-order valence-electron chi connectivity index (χ4n) is 0.645. The molecule has 0 bridgehead atoms. The van der Waals surface area contributed by atoms with E-state index in [0.29, 0.717) is 0 Å². The maximum Gasteiger partial charge on any atom is 0.122 e. The van der Waals surface area contributed by atoms with Crippen molar-refractivity contribution in [1.82, 2.24) is 0 Å². The average Bonchev–Trinajstić information content (AvgIpc) is 1.89. The Morgan fingerprint density at radius 1 is 1.22 bits per heavy atom. The molecule has 1 rings (SSSR count). The Balaban J connectivity index is 3.01. The van der Waals surface area contributed by atoms with Crippen LogP contribution in [0.25, 0.3) is 0 Å². The van der Waals surface area contributed by atoms with E-state index < -0.39 is 0 Å². The van der Waals surface area contributed by atoms with Crippen molar-refractivity contribution in [3.05, 3.63) is 43.9 Å². The first-order chi connectivity index (χ1) is 4.34. The van der Waals surface area contributed by atoms with Crippen molar-refractivity contribution in [3.63, 3.8) is 0 Å². The maximum absolute atomic E-state index is 4.73. The molecule has 1 aromatic rings. The van der Waals surface area contributed by atoms with Crippen LogP contribution in [-0.4, -0.2) is 0 Å². The van der Waals surface area contributed by atoms with E-state index >= 15 is 0 Å². The quantitative estimate of drug-likeness (QED) is 0.551. The van der Waals surface area contributed by atoms with Crippen LogP contribution in [0, 0.1) is 14.0 Å². The van der Waals surface area contributed by atoms with E-state index in [1.54, 1.807) is 0 Å². The van der Waals surface area contributed by atoms with Gasteiger partial charge in [-0.3, -0.25) is 0 Å². The van der Waals surface area contributed by atoms with Gasteiger partial charge < -0.3 is 4.74 Å². The van der Waals surface area contributed by atoms with E-state index in [-0.39, 0.29) is 0 Å². The van der Waals surface area contributed by atoms with E-state index in [2.05, 4.69) is 14.0 Å². The summed E-state index contributed by atoms with van der Waals surface area (Å²) in [5, 5.41) is 0. The van der Waals surface area contributed by atoms with Gasteiger partial charge in [0, 0.05) is 0 Å². The molecule has 1 nitrogen and oxygen atoms in total. The summed E-state index contributed by atoms with van der Waals surface area (Å²) in [5.74, 6) is 0.734. The highest BCUT2D eigenvalue weighted by atomic mass is 16.5. The minimum atomic E-state index is 0.734. The van der Waals surface area contributed by atoms with Gasteiger partial charge in [0.15, 0.2) is 0 Å². The topological polar surface area (TPSA) is 9.23 Å². The van der Waals surface area contributed by atoms with Crippen molar-refractivity contribution >= 4 is 0 Å². The summed E-state index contributed by atoms with van der Waals surface area (Å²) in [6.45, 7) is 3.73. The summed E-state index contributed by atoms with van der Waals surface area (Å²) < 4.78 is 4.73. The van der Waals surface area contributed by atoms with Gasteiger partial charge in [0.2, 0.25) is 0 Å². The predicted molar refractivity (Wildman–Crippen MR) is 36.9 cm³/mol. The zero-order valence-electron chi connectivity index (χ0n) is 5.13. The van der Waals surface area contributed by atoms with Crippen molar-refractivity contribution in [2.45, 2.75) is 0 Å². The number of ether oxygens (including phenoxy) is 1. The van der Waals surface area contributed by atoms with E-state index in [0.717, 1.165) is 11.3 Å². The zero-order valence-corrected chi connectivity index (χ0v) is 5.13. The van der Waals surface area contributed by atoms with Crippen molar-refractivity contribution < 1.29 is 4.74 Å². The highest BCUT2D eigenvalue weighted by Crippen LogP contribution is 2.14. The van der Waals surface area contributed by atoms with Crippen LogP contribution < -0.4 is 4.74 Å². The van der Waals surface area contributed by atoms with Gasteiger partial charge in [0.1, 0.15) is 12.9 Å². The fourth-order valence-corrected chi connectivity index (χ4v) is 0.645. The SMILES string of the molecule is [CH2]Oc1ccccc1[CH2]. The normalized spacial score (nSPS) is 9.11. The number of rotatable bonds is 1. The summed E-state index contributed by atoms with van der Waals surface area (Å²) in [5.41, 5.74) is 0.868. The smallest absolute Gasteiger partial charge is 0.122 e. The summed E-state index contributed by atoms with van der Waals surface area (Å²) in [6, 6.07) is 7.50. The lowest BCUT2D eigenvalue weighted by Gasteiger charge is -2.00. The zero-order chi connectivity index (χ0) is 6.69. The van der Waals surface area contributed by atoms with Crippen LogP contribution >= 0.6 is 0 Å². The summed E-state index contributed by atoms with van der Waals surface area (Å²) >= 11 is 0. The van der Waals surface area contributed by atoms with Crippen LogP contribution in [0.3, 0.4) is 0 Å². The highest BCUT2D eigenvalue weighted by Gasteiger charge is 1.91. The van der Waals surface area contributed by atoms with Crippen LogP contribution in [-0.2, 0) is 0 Å². The van der Waals surface area contributed by atoms with E-state index in [4.69, 9.17) is 4.74 Å². The largest absolute Gasteiger partial charge is 0.490 e. The van der Waals surface area contributed by atoms with Crippen LogP contribution in [0.4, 0.5) is 0 Å². The molecule has 46 valence electrons. The molecule has 9 heavy (non-hydrogen) atoms. The van der Waals surface area contributed by atoms with E-state index in [9.17, 15) is 0 Å². The molecule has 0 aliphatic heterocycles. The molecule has 0 N–H and O–H groups in total. The molecule has 1 heteroatoms. The fraction of sp³-hybridized carbons (Fsp3) is 0. The molecular formula is C8H8O. The summed E-state index contributed by atoms with van der Waals surface area (Å²) in [6.07, 6.45) is 0. The second-order valence-corrected chi connectivity index (χ2v) is 1.75. The molecule has 0 spiro atoms. The molecule has 2 radical (unpaired) electrons. The van der Waals surface area contributed by atoms with Crippen LogP contribution in [0.2, 0.25) is 0 Å². The maximum atomic E-state index is 4.73. The van der Waals surface area contributed by atoms with E-state index in [1.807, 2.05) is 24.3 Å². The molecule has 0 amide bonds. The molecule has 0 aliphatic rings. The molecule has 0 saturated heterocycles. The average molecular weight is 120 g/mol. The molecule has 0 unspecified atom stereocenters. The van der Waals surface area contributed by atoms with Crippen molar-refractivity contribution in [2.24, 2.45) is 0 Å². The van der Waals surface area contributed by atoms with Crippen molar-refractivity contribution in [1.29, 1.82) is 0 Å². The molecular weight excluding hydrogens is 112 g/mol. The lowest BCUT2D eigenvalue weighted by atomic mass is 10.2. The van der Waals surface area contributed by atoms with Crippen molar-refractivity contribution in [3.8, 4) is 5.75 Å². The first kappa shape index (κ1) is 6.14. The van der Waals surface area contributed by atoms with Gasteiger partial charge in [-0.15, -0.1) is 0 Å². The predicted octanol–water partition coefficient (Wildman–Crippen LogP) is 2.04. The highest BCUT2D eigenvalue weighted by molar-refractivity contribution is 5.35. The molecule has 0 aliphatic carbocycles. The number of benzene rings is 1. The standard InChI is InChI=1S/C8H8O/c1-7-5-3-4-6-8(7)9-2/h3-6H,1-2H2. The van der Waals surface area contributed by atoms with Gasteiger partial charge in [-0.05, 0) is 18.6 Å². The second-order valence-electron chi connectivity index (χ2n) is 1.75. The lowest BCUT2D eigenvalue weighted by Crippen LogP contribution is -1.81. The number of hydrogen-bond donors (Lipinski definition) is 0. The molecule has 0 atom stereocenters. The Hall–Kier alpha value is -0.980. The lowest BCUT2D eigenvalue weighted by molar-refractivity contribution is 0.471. The minimum absolute atomic E-state index is 0.734. The minimum Gasteiger partial charge on any atom is -0.490 e. The third-order valence-corrected chi connectivity index (χ3v) is 1.13. The third-order valence-electron chi connectivity index (χ3n) is 1.13. The van der Waals surface area contributed by atoms with Crippen LogP contribution in [0.15, 0.2) is 24.3 Å². The second kappa shape index (κ2) is 2.53. The molecule has 0 aromatic heterocycles. The van der Waals surface area contributed by atoms with Gasteiger partial charge in [-0.2, -0.15) is 0 Å². The van der Waals surface area contributed by atoms with Crippen LogP contribution in [0.5, 0.6) is 5.75 Å². The monoisotopic (exact) mass is 120 g/mol. The van der Waals surface area contributed by atoms with Gasteiger partial charge in [-0.25, -0.2) is 0 Å². The van der Waals surface area contributed by atoms with E-state index in [1.165, 1.54) is 0 Å². The summed E-state index contributed by atoms with van der Waals surface area (Å²) in [4.78, 5) is 0. The first-order valence-corrected chi connectivity index (χ1v) is 2.67. The molecule has 0 heterocycles. The summed E-state index contributed by atoms with van der Waals surface area (Å²) in [7, 11) is 3.28. The van der Waals surface area contributed by atoms with Gasteiger partial charge in [0.25, 0.3) is 0 Å². The first-order valence-electron chi connectivity index (χ1n) is 2.67. The third kappa shape index (κ3) is 1.22. The van der Waals surface area contributed by atoms with Gasteiger partial charge in [-0.1, -0.05) is 18.2 Å². The Bertz CT molecular complexity index is 194.